The van der Waals surface area contributed by atoms with Gasteiger partial charge in [-0.05, 0) is 12.1 Å². The molecule has 0 unspecified atom stereocenters. The molecule has 0 fully saturated rings. The normalized spacial score (nSPS) is 10.9. The fraction of sp³-hybridized carbons (Fsp3) is 0.111. The molecule has 1 aromatic rings. The van der Waals surface area contributed by atoms with E-state index in [1.807, 2.05) is 0 Å². The quantitative estimate of drug-likeness (QED) is 0.586. The molecule has 0 aliphatic rings. The summed E-state index contributed by atoms with van der Waals surface area (Å²) in [6, 6.07) is 6.00. The van der Waals surface area contributed by atoms with Gasteiger partial charge in [0.2, 0.25) is 0 Å². The standard InChI is InChI=1S/C9H7ClO3S/c1-2-7-13-14(11,12)9-6-4-3-5-8(9)10/h1,3-6H,7H2. The van der Waals surface area contributed by atoms with Crippen LogP contribution in [0.1, 0.15) is 0 Å². The van der Waals surface area contributed by atoms with Gasteiger partial charge >= 0.3 is 0 Å². The van der Waals surface area contributed by atoms with Crippen LogP contribution in [-0.2, 0) is 14.3 Å². The van der Waals surface area contributed by atoms with Crippen LogP contribution in [0.15, 0.2) is 29.2 Å². The second-order valence-electron chi connectivity index (χ2n) is 2.35. The highest BCUT2D eigenvalue weighted by Gasteiger charge is 2.17. The first-order valence-corrected chi connectivity index (χ1v) is 5.44. The third-order valence-corrected chi connectivity index (χ3v) is 3.17. The van der Waals surface area contributed by atoms with Crippen molar-refractivity contribution in [1.29, 1.82) is 0 Å². The minimum absolute atomic E-state index is 0.0723. The minimum Gasteiger partial charge on any atom is -0.253 e. The molecule has 0 saturated carbocycles. The maximum atomic E-state index is 11.4. The Hall–Kier alpha value is -1.02. The summed E-state index contributed by atoms with van der Waals surface area (Å²) in [7, 11) is -3.83. The summed E-state index contributed by atoms with van der Waals surface area (Å²) in [4.78, 5) is -0.0723. The Kier molecular flexibility index (Phi) is 3.53. The van der Waals surface area contributed by atoms with Crippen LogP contribution in [-0.4, -0.2) is 15.0 Å². The molecule has 0 bridgehead atoms. The van der Waals surface area contributed by atoms with E-state index in [-0.39, 0.29) is 16.5 Å². The van der Waals surface area contributed by atoms with E-state index >= 15 is 0 Å². The summed E-state index contributed by atoms with van der Waals surface area (Å²) in [5.41, 5.74) is 0. The van der Waals surface area contributed by atoms with E-state index in [9.17, 15) is 8.42 Å². The minimum atomic E-state index is -3.83. The van der Waals surface area contributed by atoms with Crippen LogP contribution in [0.5, 0.6) is 0 Å². The van der Waals surface area contributed by atoms with Crippen LogP contribution in [0.4, 0.5) is 0 Å². The lowest BCUT2D eigenvalue weighted by atomic mass is 10.4. The largest absolute Gasteiger partial charge is 0.299 e. The van der Waals surface area contributed by atoms with Crippen LogP contribution in [0.3, 0.4) is 0 Å². The average molecular weight is 231 g/mol. The zero-order valence-corrected chi connectivity index (χ0v) is 8.68. The van der Waals surface area contributed by atoms with Gasteiger partial charge in [-0.2, -0.15) is 8.42 Å². The molecule has 1 rings (SSSR count). The molecule has 0 saturated heterocycles. The van der Waals surface area contributed by atoms with E-state index in [1.54, 1.807) is 12.1 Å². The molecular formula is C9H7ClO3S. The molecule has 0 radical (unpaired) electrons. The van der Waals surface area contributed by atoms with Crippen LogP contribution in [0.2, 0.25) is 5.02 Å². The molecular weight excluding hydrogens is 224 g/mol. The first-order valence-electron chi connectivity index (χ1n) is 3.65. The summed E-state index contributed by atoms with van der Waals surface area (Å²) in [5, 5.41) is 0.115. The van der Waals surface area contributed by atoms with Crippen molar-refractivity contribution in [3.05, 3.63) is 29.3 Å². The van der Waals surface area contributed by atoms with Crippen molar-refractivity contribution in [2.75, 3.05) is 6.61 Å². The van der Waals surface area contributed by atoms with Gasteiger partial charge in [0, 0.05) is 0 Å². The molecule has 5 heteroatoms. The lowest BCUT2D eigenvalue weighted by Crippen LogP contribution is -2.06. The second-order valence-corrected chi connectivity index (χ2v) is 4.34. The Morgan fingerprint density at radius 3 is 2.64 bits per heavy atom. The summed E-state index contributed by atoms with van der Waals surface area (Å²) in [5.74, 6) is 2.07. The number of rotatable bonds is 3. The Morgan fingerprint density at radius 1 is 1.43 bits per heavy atom. The topological polar surface area (TPSA) is 43.4 Å². The van der Waals surface area contributed by atoms with Gasteiger partial charge in [-0.25, -0.2) is 0 Å². The van der Waals surface area contributed by atoms with Crippen molar-refractivity contribution in [3.8, 4) is 12.3 Å². The molecule has 0 aliphatic carbocycles. The molecule has 0 heterocycles. The van der Waals surface area contributed by atoms with E-state index in [4.69, 9.17) is 18.0 Å². The number of benzene rings is 1. The first-order chi connectivity index (χ1) is 6.58. The number of terminal acetylenes is 1. The summed E-state index contributed by atoms with van der Waals surface area (Å²) >= 11 is 5.68. The second kappa shape index (κ2) is 4.47. The van der Waals surface area contributed by atoms with Crippen molar-refractivity contribution in [2.24, 2.45) is 0 Å². The highest BCUT2D eigenvalue weighted by Crippen LogP contribution is 2.21. The highest BCUT2D eigenvalue weighted by atomic mass is 35.5. The third kappa shape index (κ3) is 2.48. The Bertz CT molecular complexity index is 459. The number of halogens is 1. The van der Waals surface area contributed by atoms with Gasteiger partial charge in [-0.15, -0.1) is 6.42 Å². The average Bonchev–Trinajstić information content (AvgIpc) is 2.15. The van der Waals surface area contributed by atoms with E-state index in [0.29, 0.717) is 0 Å². The van der Waals surface area contributed by atoms with Crippen molar-refractivity contribution in [1.82, 2.24) is 0 Å². The van der Waals surface area contributed by atoms with Gasteiger partial charge < -0.3 is 0 Å². The monoisotopic (exact) mass is 230 g/mol. The predicted octanol–water partition coefficient (Wildman–Crippen LogP) is 1.68. The third-order valence-electron chi connectivity index (χ3n) is 1.40. The summed E-state index contributed by atoms with van der Waals surface area (Å²) in [6.07, 6.45) is 4.88. The molecule has 0 atom stereocenters. The zero-order chi connectivity index (χ0) is 10.6. The Balaban J connectivity index is 3.06. The van der Waals surface area contributed by atoms with Crippen molar-refractivity contribution < 1.29 is 12.6 Å². The van der Waals surface area contributed by atoms with Crippen LogP contribution < -0.4 is 0 Å². The van der Waals surface area contributed by atoms with Crippen molar-refractivity contribution >= 4 is 21.7 Å². The van der Waals surface area contributed by atoms with Gasteiger partial charge in [0.1, 0.15) is 11.5 Å². The smallest absolute Gasteiger partial charge is 0.253 e. The van der Waals surface area contributed by atoms with Gasteiger partial charge in [-0.3, -0.25) is 4.18 Å². The molecule has 0 N–H and O–H groups in total. The molecule has 0 aromatic heterocycles. The van der Waals surface area contributed by atoms with Gasteiger partial charge in [-0.1, -0.05) is 29.7 Å². The Morgan fingerprint density at radius 2 is 2.07 bits per heavy atom. The van der Waals surface area contributed by atoms with E-state index in [2.05, 4.69) is 10.1 Å². The Labute approximate surface area is 87.8 Å². The molecule has 0 spiro atoms. The molecule has 1 aromatic carbocycles. The van der Waals surface area contributed by atoms with Crippen molar-refractivity contribution in [2.45, 2.75) is 4.90 Å². The first kappa shape index (κ1) is 11.1. The lowest BCUT2D eigenvalue weighted by molar-refractivity contribution is 0.363. The molecule has 74 valence electrons. The lowest BCUT2D eigenvalue weighted by Gasteiger charge is -2.03. The van der Waals surface area contributed by atoms with Crippen LogP contribution >= 0.6 is 11.6 Å². The SMILES string of the molecule is C#CCOS(=O)(=O)c1ccccc1Cl. The van der Waals surface area contributed by atoms with Gasteiger partial charge in [0.25, 0.3) is 10.1 Å². The molecule has 0 aliphatic heterocycles. The zero-order valence-electron chi connectivity index (χ0n) is 7.10. The van der Waals surface area contributed by atoms with E-state index in [0.717, 1.165) is 0 Å². The molecule has 3 nitrogen and oxygen atoms in total. The summed E-state index contributed by atoms with van der Waals surface area (Å²) in [6.45, 7) is -0.298. The highest BCUT2D eigenvalue weighted by molar-refractivity contribution is 7.86. The molecule has 0 amide bonds. The van der Waals surface area contributed by atoms with Gasteiger partial charge in [0.15, 0.2) is 0 Å². The number of hydrogen-bond acceptors (Lipinski definition) is 3. The number of hydrogen-bond donors (Lipinski definition) is 0. The summed E-state index contributed by atoms with van der Waals surface area (Å²) < 4.78 is 27.3. The van der Waals surface area contributed by atoms with Gasteiger partial charge in [0.05, 0.1) is 5.02 Å². The van der Waals surface area contributed by atoms with Crippen LogP contribution in [0.25, 0.3) is 0 Å². The fourth-order valence-corrected chi connectivity index (χ4v) is 2.14. The van der Waals surface area contributed by atoms with Crippen molar-refractivity contribution in [3.63, 3.8) is 0 Å². The van der Waals surface area contributed by atoms with Crippen LogP contribution in [0, 0.1) is 12.3 Å². The fourth-order valence-electron chi connectivity index (χ4n) is 0.823. The maximum absolute atomic E-state index is 11.4. The molecule has 14 heavy (non-hydrogen) atoms. The van der Waals surface area contributed by atoms with E-state index in [1.165, 1.54) is 12.1 Å². The van der Waals surface area contributed by atoms with E-state index < -0.39 is 10.1 Å². The maximum Gasteiger partial charge on any atom is 0.299 e. The predicted molar refractivity (Wildman–Crippen MR) is 53.4 cm³/mol.